The van der Waals surface area contributed by atoms with Crippen LogP contribution in [-0.2, 0) is 6.54 Å². The number of hydrogen-bond donors (Lipinski definition) is 1. The van der Waals surface area contributed by atoms with Crippen molar-refractivity contribution in [3.05, 3.63) is 24.0 Å². The van der Waals surface area contributed by atoms with Crippen LogP contribution < -0.4 is 5.32 Å². The lowest BCUT2D eigenvalue weighted by Crippen LogP contribution is -2.28. The van der Waals surface area contributed by atoms with Gasteiger partial charge in [-0.05, 0) is 63.1 Å². The Morgan fingerprint density at radius 1 is 1.35 bits per heavy atom. The van der Waals surface area contributed by atoms with E-state index in [9.17, 15) is 0 Å². The number of hydrogen-bond acceptors (Lipinski definition) is 3. The fourth-order valence-electron chi connectivity index (χ4n) is 4.22. The summed E-state index contributed by atoms with van der Waals surface area (Å²) in [5.41, 5.74) is 2.36. The van der Waals surface area contributed by atoms with Gasteiger partial charge in [-0.25, -0.2) is 0 Å². The topological polar surface area (TPSA) is 28.2 Å². The van der Waals surface area contributed by atoms with Crippen molar-refractivity contribution < 1.29 is 0 Å². The van der Waals surface area contributed by atoms with E-state index in [1.165, 1.54) is 43.6 Å². The maximum atomic E-state index is 4.50. The monoisotopic (exact) mass is 273 g/mol. The van der Waals surface area contributed by atoms with Crippen molar-refractivity contribution >= 4 is 5.69 Å². The van der Waals surface area contributed by atoms with Crippen LogP contribution in [0.15, 0.2) is 18.3 Å². The van der Waals surface area contributed by atoms with Gasteiger partial charge in [0.1, 0.15) is 0 Å². The van der Waals surface area contributed by atoms with Crippen molar-refractivity contribution in [2.75, 3.05) is 25.5 Å². The molecule has 1 aromatic heterocycles. The number of nitrogens with one attached hydrogen (secondary N) is 1. The zero-order valence-corrected chi connectivity index (χ0v) is 12.8. The predicted molar refractivity (Wildman–Crippen MR) is 83.7 cm³/mol. The third kappa shape index (κ3) is 3.14. The molecule has 0 aliphatic heterocycles. The summed E-state index contributed by atoms with van der Waals surface area (Å²) in [6.07, 6.45) is 7.87. The summed E-state index contributed by atoms with van der Waals surface area (Å²) in [5, 5.41) is 3.36. The minimum atomic E-state index is 0.940. The molecule has 2 bridgehead atoms. The Kier molecular flexibility index (Phi) is 4.25. The first kappa shape index (κ1) is 13.9. The first-order chi connectivity index (χ1) is 9.74. The van der Waals surface area contributed by atoms with Crippen LogP contribution in [0.4, 0.5) is 5.69 Å². The standard InChI is InChI=1S/C17H27N3/c1-3-18-16-6-7-19-17(10-16)12-20(2)11-15-9-13-4-5-14(15)8-13/h6-7,10,13-15H,3-5,8-9,11-12H2,1-2H3,(H,18,19). The molecule has 20 heavy (non-hydrogen) atoms. The van der Waals surface area contributed by atoms with Crippen molar-refractivity contribution in [1.82, 2.24) is 9.88 Å². The second kappa shape index (κ2) is 6.13. The van der Waals surface area contributed by atoms with Gasteiger partial charge in [-0.15, -0.1) is 0 Å². The van der Waals surface area contributed by atoms with Gasteiger partial charge in [-0.3, -0.25) is 4.98 Å². The van der Waals surface area contributed by atoms with Gasteiger partial charge in [0.05, 0.1) is 5.69 Å². The molecular weight excluding hydrogens is 246 g/mol. The van der Waals surface area contributed by atoms with E-state index in [2.05, 4.69) is 35.2 Å². The van der Waals surface area contributed by atoms with Gasteiger partial charge in [0.2, 0.25) is 0 Å². The number of rotatable bonds is 6. The van der Waals surface area contributed by atoms with Crippen LogP contribution in [0.3, 0.4) is 0 Å². The normalized spacial score (nSPS) is 28.2. The Morgan fingerprint density at radius 2 is 2.25 bits per heavy atom. The molecule has 2 saturated carbocycles. The minimum absolute atomic E-state index is 0.940. The lowest BCUT2D eigenvalue weighted by atomic mass is 9.88. The number of nitrogens with zero attached hydrogens (tertiary/aromatic N) is 2. The second-order valence-corrected chi connectivity index (χ2v) is 6.70. The zero-order valence-electron chi connectivity index (χ0n) is 12.8. The second-order valence-electron chi connectivity index (χ2n) is 6.70. The molecule has 0 aromatic carbocycles. The summed E-state index contributed by atoms with van der Waals surface area (Å²) in [6.45, 7) is 5.30. The van der Waals surface area contributed by atoms with Crippen molar-refractivity contribution in [3.8, 4) is 0 Å². The first-order valence-corrected chi connectivity index (χ1v) is 8.12. The van der Waals surface area contributed by atoms with E-state index < -0.39 is 0 Å². The smallest absolute Gasteiger partial charge is 0.0564 e. The summed E-state index contributed by atoms with van der Waals surface area (Å²) in [5.74, 6) is 3.01. The number of fused-ring (bicyclic) bond motifs is 2. The fourth-order valence-corrected chi connectivity index (χ4v) is 4.22. The van der Waals surface area contributed by atoms with E-state index in [0.29, 0.717) is 0 Å². The van der Waals surface area contributed by atoms with Crippen LogP contribution >= 0.6 is 0 Å². The van der Waals surface area contributed by atoms with Gasteiger partial charge in [0, 0.05) is 31.5 Å². The molecule has 2 fully saturated rings. The van der Waals surface area contributed by atoms with Crippen LogP contribution in [0.1, 0.15) is 38.3 Å². The largest absolute Gasteiger partial charge is 0.385 e. The Labute approximate surface area is 122 Å². The highest BCUT2D eigenvalue weighted by atomic mass is 15.1. The maximum absolute atomic E-state index is 4.50. The maximum Gasteiger partial charge on any atom is 0.0564 e. The Hall–Kier alpha value is -1.09. The molecule has 2 aliphatic carbocycles. The fraction of sp³-hybridized carbons (Fsp3) is 0.706. The molecule has 2 aliphatic rings. The van der Waals surface area contributed by atoms with Crippen LogP contribution in [0.5, 0.6) is 0 Å². The van der Waals surface area contributed by atoms with E-state index in [1.54, 1.807) is 0 Å². The summed E-state index contributed by atoms with van der Waals surface area (Å²) in [4.78, 5) is 6.96. The van der Waals surface area contributed by atoms with Crippen molar-refractivity contribution in [2.45, 2.75) is 39.2 Å². The number of aromatic nitrogens is 1. The van der Waals surface area contributed by atoms with Gasteiger partial charge >= 0.3 is 0 Å². The van der Waals surface area contributed by atoms with E-state index in [1.807, 2.05) is 12.3 Å². The molecule has 3 heteroatoms. The van der Waals surface area contributed by atoms with Crippen LogP contribution in [-0.4, -0.2) is 30.0 Å². The first-order valence-electron chi connectivity index (χ1n) is 8.12. The lowest BCUT2D eigenvalue weighted by Gasteiger charge is -2.27. The molecule has 0 saturated heterocycles. The predicted octanol–water partition coefficient (Wildman–Crippen LogP) is 3.38. The third-order valence-corrected chi connectivity index (χ3v) is 5.06. The van der Waals surface area contributed by atoms with Crippen LogP contribution in [0.2, 0.25) is 0 Å². The van der Waals surface area contributed by atoms with Gasteiger partial charge < -0.3 is 10.2 Å². The molecule has 3 nitrogen and oxygen atoms in total. The van der Waals surface area contributed by atoms with E-state index >= 15 is 0 Å². The highest BCUT2D eigenvalue weighted by molar-refractivity contribution is 5.42. The van der Waals surface area contributed by atoms with Crippen molar-refractivity contribution in [2.24, 2.45) is 17.8 Å². The quantitative estimate of drug-likeness (QED) is 0.861. The van der Waals surface area contributed by atoms with E-state index in [0.717, 1.165) is 30.8 Å². The summed E-state index contributed by atoms with van der Waals surface area (Å²) < 4.78 is 0. The Bertz CT molecular complexity index is 446. The zero-order chi connectivity index (χ0) is 13.9. The van der Waals surface area contributed by atoms with Gasteiger partial charge in [-0.1, -0.05) is 6.42 Å². The summed E-state index contributed by atoms with van der Waals surface area (Å²) in [6, 6.07) is 4.23. The molecule has 0 spiro atoms. The Balaban J connectivity index is 1.53. The molecule has 0 amide bonds. The Morgan fingerprint density at radius 3 is 2.95 bits per heavy atom. The van der Waals surface area contributed by atoms with Crippen LogP contribution in [0, 0.1) is 17.8 Å². The minimum Gasteiger partial charge on any atom is -0.385 e. The SMILES string of the molecule is CCNc1ccnc(CN(C)CC2CC3CCC2C3)c1. The highest BCUT2D eigenvalue weighted by Gasteiger charge is 2.39. The summed E-state index contributed by atoms with van der Waals surface area (Å²) >= 11 is 0. The molecule has 1 heterocycles. The average Bonchev–Trinajstić information content (AvgIpc) is 3.01. The molecule has 0 radical (unpaired) electrons. The lowest BCUT2D eigenvalue weighted by molar-refractivity contribution is 0.213. The molecular formula is C17H27N3. The van der Waals surface area contributed by atoms with Gasteiger partial charge in [-0.2, -0.15) is 0 Å². The van der Waals surface area contributed by atoms with Gasteiger partial charge in [0.25, 0.3) is 0 Å². The highest BCUT2D eigenvalue weighted by Crippen LogP contribution is 2.48. The molecule has 3 atom stereocenters. The molecule has 3 unspecified atom stereocenters. The molecule has 1 N–H and O–H groups in total. The molecule has 3 rings (SSSR count). The van der Waals surface area contributed by atoms with E-state index in [4.69, 9.17) is 0 Å². The third-order valence-electron chi connectivity index (χ3n) is 5.06. The average molecular weight is 273 g/mol. The summed E-state index contributed by atoms with van der Waals surface area (Å²) in [7, 11) is 2.24. The molecule has 110 valence electrons. The molecule has 1 aromatic rings. The van der Waals surface area contributed by atoms with Crippen molar-refractivity contribution in [1.29, 1.82) is 0 Å². The number of anilines is 1. The van der Waals surface area contributed by atoms with Gasteiger partial charge in [0.15, 0.2) is 0 Å². The van der Waals surface area contributed by atoms with Crippen LogP contribution in [0.25, 0.3) is 0 Å². The van der Waals surface area contributed by atoms with Crippen molar-refractivity contribution in [3.63, 3.8) is 0 Å². The number of pyridine rings is 1. The van der Waals surface area contributed by atoms with E-state index in [-0.39, 0.29) is 0 Å².